The number of carbonyl (C=O) groups is 1. The number of anilines is 1. The molecule has 1 aliphatic carbocycles. The molecule has 0 bridgehead atoms. The minimum atomic E-state index is -0.00374. The van der Waals surface area contributed by atoms with Crippen LogP contribution in [0, 0.1) is 6.92 Å². The maximum absolute atomic E-state index is 11.8. The SMILES string of the molecule is Cc1cc(NC(=O)CCN(C)C2CCCCC2)no1. The molecule has 1 saturated carbocycles. The fourth-order valence-corrected chi connectivity index (χ4v) is 2.61. The van der Waals surface area contributed by atoms with Crippen LogP contribution < -0.4 is 5.32 Å². The van der Waals surface area contributed by atoms with Crippen molar-refractivity contribution in [3.63, 3.8) is 0 Å². The summed E-state index contributed by atoms with van der Waals surface area (Å²) in [6.07, 6.45) is 7.02. The van der Waals surface area contributed by atoms with Gasteiger partial charge in [0.25, 0.3) is 0 Å². The monoisotopic (exact) mass is 265 g/mol. The summed E-state index contributed by atoms with van der Waals surface area (Å²) in [6.45, 7) is 2.60. The molecule has 1 aromatic rings. The third-order valence-corrected chi connectivity index (χ3v) is 3.79. The molecular formula is C14H23N3O2. The molecule has 5 heteroatoms. The van der Waals surface area contributed by atoms with E-state index in [1.807, 2.05) is 0 Å². The minimum Gasteiger partial charge on any atom is -0.360 e. The van der Waals surface area contributed by atoms with E-state index >= 15 is 0 Å². The molecule has 1 aromatic heterocycles. The molecule has 1 fully saturated rings. The van der Waals surface area contributed by atoms with E-state index in [2.05, 4.69) is 22.4 Å². The first-order valence-electron chi connectivity index (χ1n) is 7.08. The van der Waals surface area contributed by atoms with Crippen molar-refractivity contribution in [2.75, 3.05) is 18.9 Å². The molecule has 1 heterocycles. The van der Waals surface area contributed by atoms with Gasteiger partial charge in [-0.2, -0.15) is 0 Å². The van der Waals surface area contributed by atoms with Crippen molar-refractivity contribution in [1.82, 2.24) is 10.1 Å². The van der Waals surface area contributed by atoms with E-state index in [1.54, 1.807) is 13.0 Å². The van der Waals surface area contributed by atoms with E-state index in [0.717, 1.165) is 6.54 Å². The number of amides is 1. The fraction of sp³-hybridized carbons (Fsp3) is 0.714. The van der Waals surface area contributed by atoms with Gasteiger partial charge in [0.05, 0.1) is 0 Å². The lowest BCUT2D eigenvalue weighted by atomic mass is 9.94. The molecule has 0 aliphatic heterocycles. The number of aryl methyl sites for hydroxylation is 1. The van der Waals surface area contributed by atoms with E-state index in [1.165, 1.54) is 32.1 Å². The van der Waals surface area contributed by atoms with E-state index in [4.69, 9.17) is 4.52 Å². The summed E-state index contributed by atoms with van der Waals surface area (Å²) in [5, 5.41) is 6.50. The van der Waals surface area contributed by atoms with E-state index in [9.17, 15) is 4.79 Å². The summed E-state index contributed by atoms with van der Waals surface area (Å²) < 4.78 is 4.91. The Hall–Kier alpha value is -1.36. The van der Waals surface area contributed by atoms with E-state index in [-0.39, 0.29) is 5.91 Å². The predicted molar refractivity (Wildman–Crippen MR) is 74.0 cm³/mol. The van der Waals surface area contributed by atoms with Crippen molar-refractivity contribution in [3.8, 4) is 0 Å². The minimum absolute atomic E-state index is 0.00374. The topological polar surface area (TPSA) is 58.4 Å². The molecule has 0 radical (unpaired) electrons. The lowest BCUT2D eigenvalue weighted by molar-refractivity contribution is -0.116. The van der Waals surface area contributed by atoms with Crippen LogP contribution in [0.1, 0.15) is 44.3 Å². The van der Waals surface area contributed by atoms with Crippen LogP contribution in [0.2, 0.25) is 0 Å². The van der Waals surface area contributed by atoms with Crippen molar-refractivity contribution in [2.45, 2.75) is 51.5 Å². The zero-order chi connectivity index (χ0) is 13.7. The maximum Gasteiger partial charge on any atom is 0.226 e. The highest BCUT2D eigenvalue weighted by Gasteiger charge is 2.18. The van der Waals surface area contributed by atoms with Gasteiger partial charge in [-0.25, -0.2) is 0 Å². The first kappa shape index (κ1) is 14.1. The third-order valence-electron chi connectivity index (χ3n) is 3.79. The van der Waals surface area contributed by atoms with Gasteiger partial charge < -0.3 is 14.7 Å². The Kier molecular flexibility index (Phi) is 4.96. The summed E-state index contributed by atoms with van der Waals surface area (Å²) in [7, 11) is 2.11. The van der Waals surface area contributed by atoms with Gasteiger partial charge in [-0.3, -0.25) is 4.79 Å². The van der Waals surface area contributed by atoms with E-state index in [0.29, 0.717) is 24.0 Å². The van der Waals surface area contributed by atoms with Gasteiger partial charge in [0, 0.05) is 25.1 Å². The lowest BCUT2D eigenvalue weighted by Crippen LogP contribution is -2.35. The highest BCUT2D eigenvalue weighted by Crippen LogP contribution is 2.21. The number of hydrogen-bond donors (Lipinski definition) is 1. The normalized spacial score (nSPS) is 16.8. The van der Waals surface area contributed by atoms with Crippen LogP contribution in [0.3, 0.4) is 0 Å². The van der Waals surface area contributed by atoms with Gasteiger partial charge in [0.2, 0.25) is 5.91 Å². The Morgan fingerprint density at radius 2 is 2.21 bits per heavy atom. The number of hydrogen-bond acceptors (Lipinski definition) is 4. The van der Waals surface area contributed by atoms with Gasteiger partial charge in [0.15, 0.2) is 5.82 Å². The number of nitrogens with one attached hydrogen (secondary N) is 1. The first-order valence-corrected chi connectivity index (χ1v) is 7.08. The lowest BCUT2D eigenvalue weighted by Gasteiger charge is -2.30. The second kappa shape index (κ2) is 6.70. The molecule has 0 atom stereocenters. The summed E-state index contributed by atoms with van der Waals surface area (Å²) in [6, 6.07) is 2.37. The molecule has 19 heavy (non-hydrogen) atoms. The Morgan fingerprint density at radius 1 is 1.47 bits per heavy atom. The third kappa shape index (κ3) is 4.35. The van der Waals surface area contributed by atoms with Crippen LogP contribution in [0.5, 0.6) is 0 Å². The zero-order valence-corrected chi connectivity index (χ0v) is 11.8. The van der Waals surface area contributed by atoms with Crippen LogP contribution >= 0.6 is 0 Å². The zero-order valence-electron chi connectivity index (χ0n) is 11.8. The second-order valence-corrected chi connectivity index (χ2v) is 5.39. The van der Waals surface area contributed by atoms with Gasteiger partial charge in [-0.1, -0.05) is 24.4 Å². The molecule has 1 amide bonds. The van der Waals surface area contributed by atoms with Gasteiger partial charge in [0.1, 0.15) is 5.76 Å². The second-order valence-electron chi connectivity index (χ2n) is 5.39. The standard InChI is InChI=1S/C14H23N3O2/c1-11-10-13(16-19-11)15-14(18)8-9-17(2)12-6-4-3-5-7-12/h10,12H,3-9H2,1-2H3,(H,15,16,18). The van der Waals surface area contributed by atoms with Crippen molar-refractivity contribution >= 4 is 11.7 Å². The molecule has 0 unspecified atom stereocenters. The molecule has 1 aliphatic rings. The van der Waals surface area contributed by atoms with Gasteiger partial charge in [-0.15, -0.1) is 0 Å². The first-order chi connectivity index (χ1) is 9.15. The van der Waals surface area contributed by atoms with Crippen LogP contribution in [0.4, 0.5) is 5.82 Å². The van der Waals surface area contributed by atoms with Gasteiger partial charge >= 0.3 is 0 Å². The van der Waals surface area contributed by atoms with E-state index < -0.39 is 0 Å². The smallest absolute Gasteiger partial charge is 0.226 e. The molecule has 1 N–H and O–H groups in total. The van der Waals surface area contributed by atoms with Crippen molar-refractivity contribution in [3.05, 3.63) is 11.8 Å². The fourth-order valence-electron chi connectivity index (χ4n) is 2.61. The summed E-state index contributed by atoms with van der Waals surface area (Å²) >= 11 is 0. The number of rotatable bonds is 5. The van der Waals surface area contributed by atoms with Crippen LogP contribution in [-0.4, -0.2) is 35.6 Å². The summed E-state index contributed by atoms with van der Waals surface area (Å²) in [5.74, 6) is 1.20. The van der Waals surface area contributed by atoms with Crippen molar-refractivity contribution in [1.29, 1.82) is 0 Å². The van der Waals surface area contributed by atoms with Gasteiger partial charge in [-0.05, 0) is 26.8 Å². The molecule has 106 valence electrons. The molecule has 5 nitrogen and oxygen atoms in total. The Morgan fingerprint density at radius 3 is 2.84 bits per heavy atom. The number of aromatic nitrogens is 1. The largest absolute Gasteiger partial charge is 0.360 e. The molecule has 0 saturated heterocycles. The Bertz CT molecular complexity index is 411. The average Bonchev–Trinajstić information content (AvgIpc) is 2.82. The molecule has 0 spiro atoms. The average molecular weight is 265 g/mol. The summed E-state index contributed by atoms with van der Waals surface area (Å²) in [5.41, 5.74) is 0. The highest BCUT2D eigenvalue weighted by molar-refractivity contribution is 5.89. The van der Waals surface area contributed by atoms with Crippen LogP contribution in [-0.2, 0) is 4.79 Å². The van der Waals surface area contributed by atoms with Crippen LogP contribution in [0.15, 0.2) is 10.6 Å². The Labute approximate surface area is 114 Å². The van der Waals surface area contributed by atoms with Crippen molar-refractivity contribution in [2.24, 2.45) is 0 Å². The predicted octanol–water partition coefficient (Wildman–Crippen LogP) is 2.58. The summed E-state index contributed by atoms with van der Waals surface area (Å²) in [4.78, 5) is 14.1. The number of nitrogens with zero attached hydrogens (tertiary/aromatic N) is 2. The van der Waals surface area contributed by atoms with Crippen LogP contribution in [0.25, 0.3) is 0 Å². The van der Waals surface area contributed by atoms with Crippen molar-refractivity contribution < 1.29 is 9.32 Å². The Balaban J connectivity index is 1.70. The number of carbonyl (C=O) groups excluding carboxylic acids is 1. The molecular weight excluding hydrogens is 242 g/mol. The maximum atomic E-state index is 11.8. The highest BCUT2D eigenvalue weighted by atomic mass is 16.5. The quantitative estimate of drug-likeness (QED) is 0.889. The molecule has 0 aromatic carbocycles. The molecule has 2 rings (SSSR count).